The van der Waals surface area contributed by atoms with Crippen LogP contribution >= 0.6 is 0 Å². The largest absolute Gasteiger partial charge is 0.303 e. The molecule has 1 heterocycles. The quantitative estimate of drug-likeness (QED) is 0.772. The Balaban J connectivity index is 1.78. The monoisotopic (exact) mass is 218 g/mol. The number of rotatable bonds is 4. The molecule has 0 amide bonds. The molecule has 0 saturated heterocycles. The van der Waals surface area contributed by atoms with Gasteiger partial charge in [-0.25, -0.2) is 0 Å². The van der Waals surface area contributed by atoms with Crippen molar-refractivity contribution in [1.29, 1.82) is 0 Å². The van der Waals surface area contributed by atoms with E-state index in [0.29, 0.717) is 0 Å². The van der Waals surface area contributed by atoms with E-state index in [-0.39, 0.29) is 0 Å². The van der Waals surface area contributed by atoms with Gasteiger partial charge in [0.05, 0.1) is 0 Å². The first-order valence-corrected chi connectivity index (χ1v) is 6.36. The highest BCUT2D eigenvalue weighted by atomic mass is 15.1. The number of nitrogens with zero attached hydrogens (tertiary/aromatic N) is 2. The normalized spacial score (nSPS) is 25.2. The Morgan fingerprint density at radius 1 is 1.38 bits per heavy atom. The smallest absolute Gasteiger partial charge is 0.0416 e. The van der Waals surface area contributed by atoms with Gasteiger partial charge in [-0.05, 0) is 44.4 Å². The van der Waals surface area contributed by atoms with Crippen LogP contribution in [0.4, 0.5) is 0 Å². The highest BCUT2D eigenvalue weighted by molar-refractivity contribution is 5.03. The van der Waals surface area contributed by atoms with E-state index in [0.717, 1.165) is 24.9 Å². The zero-order chi connectivity index (χ0) is 11.4. The van der Waals surface area contributed by atoms with Gasteiger partial charge in [-0.2, -0.15) is 0 Å². The number of aromatic nitrogens is 1. The second-order valence-electron chi connectivity index (χ2n) is 5.12. The lowest BCUT2D eigenvalue weighted by Crippen LogP contribution is -2.31. The van der Waals surface area contributed by atoms with Crippen LogP contribution in [-0.2, 0) is 6.42 Å². The van der Waals surface area contributed by atoms with Crippen molar-refractivity contribution in [2.75, 3.05) is 13.6 Å². The van der Waals surface area contributed by atoms with Crippen LogP contribution in [0.3, 0.4) is 0 Å². The minimum atomic E-state index is 0.804. The number of pyridine rings is 1. The van der Waals surface area contributed by atoms with Gasteiger partial charge in [-0.3, -0.25) is 4.98 Å². The average Bonchev–Trinajstić information content (AvgIpc) is 2.74. The van der Waals surface area contributed by atoms with E-state index in [1.54, 1.807) is 0 Å². The lowest BCUT2D eigenvalue weighted by atomic mass is 10.1. The van der Waals surface area contributed by atoms with E-state index in [4.69, 9.17) is 0 Å². The highest BCUT2D eigenvalue weighted by Gasteiger charge is 2.24. The van der Waals surface area contributed by atoms with Gasteiger partial charge in [0, 0.05) is 30.9 Å². The lowest BCUT2D eigenvalue weighted by molar-refractivity contribution is 0.243. The molecule has 1 aromatic rings. The second-order valence-corrected chi connectivity index (χ2v) is 5.12. The molecule has 0 radical (unpaired) electrons. The summed E-state index contributed by atoms with van der Waals surface area (Å²) in [5.74, 6) is 0.919. The second kappa shape index (κ2) is 5.44. The van der Waals surface area contributed by atoms with E-state index >= 15 is 0 Å². The van der Waals surface area contributed by atoms with Gasteiger partial charge < -0.3 is 4.90 Å². The standard InChI is InChI=1S/C14H22N2/c1-12-6-7-14(11-12)16(2)10-8-13-5-3-4-9-15-13/h3-5,9,12,14H,6-8,10-11H2,1-2H3/t12-,14-/m0/s1. The predicted molar refractivity (Wildman–Crippen MR) is 67.4 cm³/mol. The Labute approximate surface area is 98.7 Å². The molecule has 0 aliphatic heterocycles. The van der Waals surface area contributed by atoms with E-state index in [2.05, 4.69) is 36.0 Å². The van der Waals surface area contributed by atoms with Crippen molar-refractivity contribution in [3.8, 4) is 0 Å². The molecule has 0 spiro atoms. The SMILES string of the molecule is C[C@H]1CC[C@H](N(C)CCc2ccccn2)C1. The third-order valence-electron chi connectivity index (χ3n) is 3.74. The molecular formula is C14H22N2. The lowest BCUT2D eigenvalue weighted by Gasteiger charge is -2.24. The Morgan fingerprint density at radius 2 is 2.25 bits per heavy atom. The molecule has 0 bridgehead atoms. The minimum Gasteiger partial charge on any atom is -0.303 e. The first kappa shape index (κ1) is 11.6. The minimum absolute atomic E-state index is 0.804. The third kappa shape index (κ3) is 3.05. The van der Waals surface area contributed by atoms with Crippen LogP contribution in [0, 0.1) is 5.92 Å². The van der Waals surface area contributed by atoms with Gasteiger partial charge in [-0.15, -0.1) is 0 Å². The molecule has 88 valence electrons. The van der Waals surface area contributed by atoms with Gasteiger partial charge in [0.1, 0.15) is 0 Å². The summed E-state index contributed by atoms with van der Waals surface area (Å²) in [5.41, 5.74) is 1.21. The maximum atomic E-state index is 4.37. The summed E-state index contributed by atoms with van der Waals surface area (Å²) in [5, 5.41) is 0. The van der Waals surface area contributed by atoms with E-state index in [1.165, 1.54) is 25.0 Å². The molecule has 1 saturated carbocycles. The molecule has 1 fully saturated rings. The molecular weight excluding hydrogens is 196 g/mol. The molecule has 0 unspecified atom stereocenters. The van der Waals surface area contributed by atoms with Crippen LogP contribution in [0.2, 0.25) is 0 Å². The van der Waals surface area contributed by atoms with Crippen molar-refractivity contribution in [2.45, 2.75) is 38.6 Å². The van der Waals surface area contributed by atoms with Gasteiger partial charge in [-0.1, -0.05) is 13.0 Å². The summed E-state index contributed by atoms with van der Waals surface area (Å²) >= 11 is 0. The summed E-state index contributed by atoms with van der Waals surface area (Å²) < 4.78 is 0. The number of hydrogen-bond donors (Lipinski definition) is 0. The predicted octanol–water partition coefficient (Wildman–Crippen LogP) is 2.74. The van der Waals surface area contributed by atoms with Crippen LogP contribution in [0.25, 0.3) is 0 Å². The highest BCUT2D eigenvalue weighted by Crippen LogP contribution is 2.27. The topological polar surface area (TPSA) is 16.1 Å². The number of likely N-dealkylation sites (N-methyl/N-ethyl adjacent to an activating group) is 1. The first-order valence-electron chi connectivity index (χ1n) is 6.36. The summed E-state index contributed by atoms with van der Waals surface area (Å²) in [6.45, 7) is 3.50. The zero-order valence-electron chi connectivity index (χ0n) is 10.4. The van der Waals surface area contributed by atoms with E-state index in [1.807, 2.05) is 12.3 Å². The molecule has 1 aliphatic rings. The molecule has 0 aromatic carbocycles. The van der Waals surface area contributed by atoms with Crippen LogP contribution in [0.15, 0.2) is 24.4 Å². The summed E-state index contributed by atoms with van der Waals surface area (Å²) in [7, 11) is 2.26. The van der Waals surface area contributed by atoms with Gasteiger partial charge in [0.2, 0.25) is 0 Å². The Morgan fingerprint density at radius 3 is 2.88 bits per heavy atom. The van der Waals surface area contributed by atoms with Gasteiger partial charge in [0.25, 0.3) is 0 Å². The van der Waals surface area contributed by atoms with Gasteiger partial charge in [0.15, 0.2) is 0 Å². The van der Waals surface area contributed by atoms with Crippen molar-refractivity contribution in [3.63, 3.8) is 0 Å². The average molecular weight is 218 g/mol. The molecule has 0 N–H and O–H groups in total. The van der Waals surface area contributed by atoms with E-state index < -0.39 is 0 Å². The van der Waals surface area contributed by atoms with Crippen molar-refractivity contribution < 1.29 is 0 Å². The third-order valence-corrected chi connectivity index (χ3v) is 3.74. The Bertz CT molecular complexity index is 310. The molecule has 2 rings (SSSR count). The fraction of sp³-hybridized carbons (Fsp3) is 0.643. The van der Waals surface area contributed by atoms with Crippen molar-refractivity contribution in [3.05, 3.63) is 30.1 Å². The zero-order valence-corrected chi connectivity index (χ0v) is 10.4. The molecule has 2 atom stereocenters. The maximum Gasteiger partial charge on any atom is 0.0416 e. The summed E-state index contributed by atoms with van der Waals surface area (Å²) in [4.78, 5) is 6.88. The summed E-state index contributed by atoms with van der Waals surface area (Å²) in [6.07, 6.45) is 7.10. The molecule has 16 heavy (non-hydrogen) atoms. The van der Waals surface area contributed by atoms with Crippen molar-refractivity contribution in [2.24, 2.45) is 5.92 Å². The number of hydrogen-bond acceptors (Lipinski definition) is 2. The van der Waals surface area contributed by atoms with Gasteiger partial charge >= 0.3 is 0 Å². The van der Waals surface area contributed by atoms with Crippen LogP contribution in [-0.4, -0.2) is 29.5 Å². The fourth-order valence-corrected chi connectivity index (χ4v) is 2.60. The Hall–Kier alpha value is -0.890. The summed E-state index contributed by atoms with van der Waals surface area (Å²) in [6, 6.07) is 6.97. The molecule has 1 aliphatic carbocycles. The molecule has 2 heteroatoms. The fourth-order valence-electron chi connectivity index (χ4n) is 2.60. The van der Waals surface area contributed by atoms with Crippen molar-refractivity contribution >= 4 is 0 Å². The van der Waals surface area contributed by atoms with Crippen LogP contribution in [0.5, 0.6) is 0 Å². The van der Waals surface area contributed by atoms with Crippen LogP contribution in [0.1, 0.15) is 31.9 Å². The van der Waals surface area contributed by atoms with Crippen LogP contribution < -0.4 is 0 Å². The maximum absolute atomic E-state index is 4.37. The first-order chi connectivity index (χ1) is 7.75. The molecule has 2 nitrogen and oxygen atoms in total. The Kier molecular flexibility index (Phi) is 3.94. The van der Waals surface area contributed by atoms with E-state index in [9.17, 15) is 0 Å². The van der Waals surface area contributed by atoms with Crippen molar-refractivity contribution in [1.82, 2.24) is 9.88 Å². The molecule has 1 aromatic heterocycles.